The number of quaternary nitrogens is 1. The molecule has 1 amide bonds. The van der Waals surface area contributed by atoms with Crippen LogP contribution < -0.4 is 21.1 Å². The van der Waals surface area contributed by atoms with E-state index in [2.05, 4.69) is 26.1 Å². The number of carboxylic acid groups (broad SMARTS) is 1. The minimum absolute atomic E-state index is 0.0977. The summed E-state index contributed by atoms with van der Waals surface area (Å²) in [5.74, 6) is -1.34. The fraction of sp³-hybridized carbons (Fsp3) is 0.556. The first-order chi connectivity index (χ1) is 11.5. The molecule has 0 heterocycles. The number of nitrogens with one attached hydrogen (secondary N) is 2. The van der Waals surface area contributed by atoms with E-state index in [0.29, 0.717) is 12.2 Å². The quantitative estimate of drug-likeness (QED) is 0.587. The van der Waals surface area contributed by atoms with Crippen molar-refractivity contribution in [1.82, 2.24) is 0 Å². The largest absolute Gasteiger partial charge is 0.550 e. The van der Waals surface area contributed by atoms with Crippen LogP contribution in [0.15, 0.2) is 24.3 Å². The van der Waals surface area contributed by atoms with Gasteiger partial charge in [0, 0.05) is 24.6 Å². The molecule has 0 aliphatic carbocycles. The van der Waals surface area contributed by atoms with Crippen LogP contribution in [-0.2, 0) is 16.1 Å². The maximum atomic E-state index is 11.4. The summed E-state index contributed by atoms with van der Waals surface area (Å²) in [5, 5.41) is 12.8. The smallest absolute Gasteiger partial charge is 0.224 e. The topological polar surface area (TPSA) is 99.7 Å². The van der Waals surface area contributed by atoms with Crippen LogP contribution in [-0.4, -0.2) is 31.5 Å². The van der Waals surface area contributed by atoms with Crippen LogP contribution in [0, 0.1) is 0 Å². The molecule has 0 aliphatic rings. The summed E-state index contributed by atoms with van der Waals surface area (Å²) in [7, 11) is 0. The van der Waals surface area contributed by atoms with E-state index in [1.165, 1.54) is 19.6 Å². The fourth-order valence-electron chi connectivity index (χ4n) is 2.09. The molecule has 0 aliphatic heterocycles. The Hall–Kier alpha value is -1.92. The summed E-state index contributed by atoms with van der Waals surface area (Å²) in [6.07, 6.45) is 0.362. The van der Waals surface area contributed by atoms with E-state index in [1.54, 1.807) is 17.0 Å². The molecule has 0 aromatic heterocycles. The highest BCUT2D eigenvalue weighted by atomic mass is 16.4. The number of rotatable bonds is 9. The van der Waals surface area contributed by atoms with Crippen LogP contribution in [0.5, 0.6) is 0 Å². The van der Waals surface area contributed by atoms with E-state index in [1.807, 2.05) is 12.1 Å². The van der Waals surface area contributed by atoms with Crippen LogP contribution in [0.25, 0.3) is 0 Å². The Balaban J connectivity index is 0.000000640. The first-order valence-corrected chi connectivity index (χ1v) is 8.58. The molecule has 0 radical (unpaired) electrons. The first-order valence-electron chi connectivity index (χ1n) is 8.58. The van der Waals surface area contributed by atoms with Gasteiger partial charge in [0.1, 0.15) is 0 Å². The summed E-state index contributed by atoms with van der Waals surface area (Å²) >= 11 is 0. The monoisotopic (exact) mass is 337 g/mol. The normalized spacial score (nSPS) is 10.0. The van der Waals surface area contributed by atoms with Gasteiger partial charge in [-0.05, 0) is 51.3 Å². The molecule has 1 rings (SSSR count). The Morgan fingerprint density at radius 1 is 1.04 bits per heavy atom. The third-order valence-electron chi connectivity index (χ3n) is 3.76. The minimum Gasteiger partial charge on any atom is -0.550 e. The molecule has 1 aromatic rings. The van der Waals surface area contributed by atoms with E-state index < -0.39 is 5.97 Å². The summed E-state index contributed by atoms with van der Waals surface area (Å²) < 4.78 is 0. The Kier molecular flexibility index (Phi) is 12.4. The highest BCUT2D eigenvalue weighted by Gasteiger charge is 2.02. The number of carboxylic acids is 1. The molecule has 0 unspecified atom stereocenters. The molecule has 0 saturated carbocycles. The van der Waals surface area contributed by atoms with Crippen molar-refractivity contribution in [3.63, 3.8) is 0 Å². The molecule has 6 heteroatoms. The van der Waals surface area contributed by atoms with Gasteiger partial charge < -0.3 is 25.9 Å². The zero-order valence-electron chi connectivity index (χ0n) is 15.1. The molecule has 0 saturated heterocycles. The number of amides is 1. The van der Waals surface area contributed by atoms with Gasteiger partial charge in [0.15, 0.2) is 0 Å². The molecule has 4 N–H and O–H groups in total. The van der Waals surface area contributed by atoms with Crippen molar-refractivity contribution in [2.75, 3.05) is 25.0 Å². The molecule has 136 valence electrons. The average molecular weight is 337 g/mol. The molecular formula is C18H31N3O3. The lowest BCUT2D eigenvalue weighted by Gasteiger charge is -2.10. The standard InChI is InChI=1S/C12H16N2O3.C6H15N/c13-8-9-4-6-10(7-5-9)14-11(15)2-1-3-12(16)17;1-4-7(5-2)6-3/h4-7H,1-3,8,13H2,(H,14,15)(H,16,17);4-6H2,1-3H3. The van der Waals surface area contributed by atoms with E-state index >= 15 is 0 Å². The Morgan fingerprint density at radius 2 is 1.58 bits per heavy atom. The molecule has 1 aromatic carbocycles. The molecular weight excluding hydrogens is 306 g/mol. The summed E-state index contributed by atoms with van der Waals surface area (Å²) in [4.78, 5) is 23.2. The van der Waals surface area contributed by atoms with Crippen molar-refractivity contribution in [3.05, 3.63) is 29.8 Å². The van der Waals surface area contributed by atoms with E-state index in [4.69, 9.17) is 5.73 Å². The Bertz CT molecular complexity index is 465. The number of carbonyl (C=O) groups excluding carboxylic acids is 2. The predicted octanol–water partition coefficient (Wildman–Crippen LogP) is -0.0650. The van der Waals surface area contributed by atoms with Crippen LogP contribution in [0.3, 0.4) is 0 Å². The third-order valence-corrected chi connectivity index (χ3v) is 3.76. The van der Waals surface area contributed by atoms with E-state index in [9.17, 15) is 14.7 Å². The summed E-state index contributed by atoms with van der Waals surface area (Å²) in [6, 6.07) is 7.19. The summed E-state index contributed by atoms with van der Waals surface area (Å²) in [6.45, 7) is 10.9. The lowest BCUT2D eigenvalue weighted by atomic mass is 10.2. The first kappa shape index (κ1) is 22.1. The van der Waals surface area contributed by atoms with Gasteiger partial charge >= 0.3 is 0 Å². The molecule has 6 nitrogen and oxygen atoms in total. The molecule has 0 bridgehead atoms. The summed E-state index contributed by atoms with van der Waals surface area (Å²) in [5.41, 5.74) is 7.11. The van der Waals surface area contributed by atoms with Gasteiger partial charge in [-0.2, -0.15) is 0 Å². The van der Waals surface area contributed by atoms with E-state index in [0.717, 1.165) is 5.56 Å². The zero-order chi connectivity index (χ0) is 18.4. The maximum absolute atomic E-state index is 11.4. The van der Waals surface area contributed by atoms with Gasteiger partial charge in [0.05, 0.1) is 19.6 Å². The second-order valence-corrected chi connectivity index (χ2v) is 5.49. The van der Waals surface area contributed by atoms with Crippen molar-refractivity contribution in [3.8, 4) is 0 Å². The predicted molar refractivity (Wildman–Crippen MR) is 94.4 cm³/mol. The molecule has 0 spiro atoms. The van der Waals surface area contributed by atoms with Gasteiger partial charge in [-0.3, -0.25) is 4.79 Å². The van der Waals surface area contributed by atoms with Crippen LogP contribution in [0.1, 0.15) is 45.6 Å². The van der Waals surface area contributed by atoms with Gasteiger partial charge in [0.25, 0.3) is 0 Å². The van der Waals surface area contributed by atoms with Crippen LogP contribution >= 0.6 is 0 Å². The average Bonchev–Trinajstić information content (AvgIpc) is 2.57. The molecule has 24 heavy (non-hydrogen) atoms. The highest BCUT2D eigenvalue weighted by Crippen LogP contribution is 2.10. The Morgan fingerprint density at radius 3 is 1.96 bits per heavy atom. The minimum atomic E-state index is -1.13. The number of hydrogen-bond donors (Lipinski definition) is 3. The van der Waals surface area contributed by atoms with Gasteiger partial charge in [0.2, 0.25) is 5.91 Å². The second kappa shape index (κ2) is 13.5. The van der Waals surface area contributed by atoms with Crippen molar-refractivity contribution in [2.24, 2.45) is 5.73 Å². The zero-order valence-corrected chi connectivity index (χ0v) is 15.1. The number of anilines is 1. The third kappa shape index (κ3) is 10.7. The molecule has 0 fully saturated rings. The van der Waals surface area contributed by atoms with Gasteiger partial charge in [-0.15, -0.1) is 0 Å². The Labute approximate surface area is 145 Å². The maximum Gasteiger partial charge on any atom is 0.224 e. The highest BCUT2D eigenvalue weighted by molar-refractivity contribution is 5.90. The van der Waals surface area contributed by atoms with Crippen molar-refractivity contribution in [1.29, 1.82) is 0 Å². The lowest BCUT2D eigenvalue weighted by molar-refractivity contribution is -0.894. The van der Waals surface area contributed by atoms with E-state index in [-0.39, 0.29) is 25.2 Å². The van der Waals surface area contributed by atoms with Gasteiger partial charge in [-0.25, -0.2) is 0 Å². The lowest BCUT2D eigenvalue weighted by Crippen LogP contribution is -3.11. The number of nitrogens with two attached hydrogens (primary N) is 1. The van der Waals surface area contributed by atoms with Crippen molar-refractivity contribution < 1.29 is 19.6 Å². The SMILES string of the molecule is CC[NH+](CC)CC.NCc1ccc(NC(=O)CCCC(=O)[O-])cc1. The van der Waals surface area contributed by atoms with Crippen molar-refractivity contribution >= 4 is 17.6 Å². The number of aliphatic carboxylic acids is 1. The number of benzene rings is 1. The van der Waals surface area contributed by atoms with Crippen LogP contribution in [0.4, 0.5) is 5.69 Å². The number of carbonyl (C=O) groups is 2. The van der Waals surface area contributed by atoms with Crippen molar-refractivity contribution in [2.45, 2.75) is 46.6 Å². The second-order valence-electron chi connectivity index (χ2n) is 5.49. The number of hydrogen-bond acceptors (Lipinski definition) is 4. The molecule has 0 atom stereocenters. The van der Waals surface area contributed by atoms with Gasteiger partial charge in [-0.1, -0.05) is 12.1 Å². The van der Waals surface area contributed by atoms with Crippen LogP contribution in [0.2, 0.25) is 0 Å². The fourth-order valence-corrected chi connectivity index (χ4v) is 2.09.